The van der Waals surface area contributed by atoms with Crippen molar-refractivity contribution in [3.05, 3.63) is 40.6 Å². The maximum atomic E-state index is 4.38. The highest BCUT2D eigenvalue weighted by atomic mass is 127. The quantitative estimate of drug-likeness (QED) is 0.262. The van der Waals surface area contributed by atoms with Gasteiger partial charge < -0.3 is 19.4 Å². The summed E-state index contributed by atoms with van der Waals surface area (Å²) < 4.78 is 5.42. The van der Waals surface area contributed by atoms with Gasteiger partial charge in [-0.25, -0.2) is 4.98 Å². The number of imidazole rings is 1. The van der Waals surface area contributed by atoms with Gasteiger partial charge >= 0.3 is 0 Å². The molecule has 8 heteroatoms. The van der Waals surface area contributed by atoms with Gasteiger partial charge in [-0.1, -0.05) is 0 Å². The summed E-state index contributed by atoms with van der Waals surface area (Å²) in [5.41, 5.74) is 1.24. The zero-order valence-corrected chi connectivity index (χ0v) is 19.3. The Morgan fingerprint density at radius 1 is 1.40 bits per heavy atom. The van der Waals surface area contributed by atoms with E-state index in [9.17, 15) is 0 Å². The van der Waals surface area contributed by atoms with Crippen LogP contribution < -0.4 is 5.32 Å². The monoisotopic (exact) mass is 522 g/mol. The van der Waals surface area contributed by atoms with E-state index in [2.05, 4.69) is 71.6 Å². The van der Waals surface area contributed by atoms with Gasteiger partial charge in [-0.2, -0.15) is 0 Å². The molecular weight excluding hydrogens is 495 g/mol. The number of aromatic nitrogens is 3. The summed E-state index contributed by atoms with van der Waals surface area (Å²) in [6.45, 7) is 4.79. The Hall–Kier alpha value is -1.03. The molecule has 0 atom stereocenters. The third-order valence-electron chi connectivity index (χ3n) is 4.08. The SMILES string of the molecule is CN=C(NCCCCn1ccnc1C)N(C)Cc1cc(Br)cn1C.I. The highest BCUT2D eigenvalue weighted by Gasteiger charge is 2.09. The largest absolute Gasteiger partial charge is 0.356 e. The number of nitrogens with zero attached hydrogens (tertiary/aromatic N) is 5. The average molecular weight is 523 g/mol. The van der Waals surface area contributed by atoms with Crippen molar-refractivity contribution in [3.8, 4) is 0 Å². The third-order valence-corrected chi connectivity index (χ3v) is 4.51. The molecule has 0 saturated carbocycles. The number of halogens is 2. The fourth-order valence-electron chi connectivity index (χ4n) is 2.67. The van der Waals surface area contributed by atoms with Crippen LogP contribution in [0, 0.1) is 6.92 Å². The van der Waals surface area contributed by atoms with Gasteiger partial charge in [0.2, 0.25) is 0 Å². The maximum absolute atomic E-state index is 4.38. The Labute approximate surface area is 175 Å². The van der Waals surface area contributed by atoms with Gasteiger partial charge in [-0.3, -0.25) is 4.99 Å². The Kier molecular flexibility index (Phi) is 9.55. The van der Waals surface area contributed by atoms with Crippen LogP contribution in [0.3, 0.4) is 0 Å². The molecule has 0 aliphatic rings. The van der Waals surface area contributed by atoms with Gasteiger partial charge in [0.15, 0.2) is 5.96 Å². The molecule has 2 heterocycles. The van der Waals surface area contributed by atoms with E-state index in [1.54, 1.807) is 0 Å². The number of guanidine groups is 1. The number of aryl methyl sites for hydroxylation is 3. The van der Waals surface area contributed by atoms with E-state index in [-0.39, 0.29) is 24.0 Å². The lowest BCUT2D eigenvalue weighted by atomic mass is 10.3. The summed E-state index contributed by atoms with van der Waals surface area (Å²) in [4.78, 5) is 10.8. The Morgan fingerprint density at radius 2 is 2.16 bits per heavy atom. The first-order valence-electron chi connectivity index (χ1n) is 8.21. The third kappa shape index (κ3) is 6.65. The van der Waals surface area contributed by atoms with Crippen LogP contribution in [0.2, 0.25) is 0 Å². The molecule has 2 rings (SSSR count). The molecule has 0 unspecified atom stereocenters. The van der Waals surface area contributed by atoms with Crippen molar-refractivity contribution in [1.29, 1.82) is 0 Å². The van der Waals surface area contributed by atoms with Crippen LogP contribution in [0.1, 0.15) is 24.4 Å². The molecule has 2 aromatic heterocycles. The molecule has 1 N–H and O–H groups in total. The van der Waals surface area contributed by atoms with E-state index in [0.717, 1.165) is 48.7 Å². The molecule has 0 spiro atoms. The summed E-state index contributed by atoms with van der Waals surface area (Å²) in [5, 5.41) is 3.44. The van der Waals surface area contributed by atoms with Crippen LogP contribution in [0.25, 0.3) is 0 Å². The summed E-state index contributed by atoms with van der Waals surface area (Å²) >= 11 is 3.52. The van der Waals surface area contributed by atoms with Gasteiger partial charge in [0.05, 0.1) is 6.54 Å². The molecule has 0 fully saturated rings. The van der Waals surface area contributed by atoms with E-state index in [0.29, 0.717) is 0 Å². The summed E-state index contributed by atoms with van der Waals surface area (Å²) in [7, 11) is 5.95. The maximum Gasteiger partial charge on any atom is 0.193 e. The zero-order valence-electron chi connectivity index (χ0n) is 15.4. The Bertz CT molecular complexity index is 678. The van der Waals surface area contributed by atoms with E-state index in [1.165, 1.54) is 5.69 Å². The minimum atomic E-state index is 0. The first-order chi connectivity index (χ1) is 11.5. The fraction of sp³-hybridized carbons (Fsp3) is 0.529. The predicted octanol–water partition coefficient (Wildman–Crippen LogP) is 3.40. The molecule has 0 aliphatic carbocycles. The lowest BCUT2D eigenvalue weighted by Crippen LogP contribution is -2.39. The molecular formula is C17H28BrIN6. The lowest BCUT2D eigenvalue weighted by Gasteiger charge is -2.22. The first-order valence-corrected chi connectivity index (χ1v) is 9.01. The van der Waals surface area contributed by atoms with Crippen molar-refractivity contribution in [2.75, 3.05) is 20.6 Å². The van der Waals surface area contributed by atoms with E-state index < -0.39 is 0 Å². The number of unbranched alkanes of at least 4 members (excludes halogenated alkanes) is 1. The standard InChI is InChI=1S/C17H27BrN6.HI/c1-14-20-8-10-24(14)9-6-5-7-21-17(19-2)23(4)13-16-11-15(18)12-22(16)3;/h8,10-12H,5-7,9,13H2,1-4H3,(H,19,21);1H. The molecule has 2 aromatic rings. The van der Waals surface area contributed by atoms with E-state index in [4.69, 9.17) is 0 Å². The molecule has 0 radical (unpaired) electrons. The molecule has 0 aromatic carbocycles. The van der Waals surface area contributed by atoms with Crippen molar-refractivity contribution in [2.45, 2.75) is 32.9 Å². The predicted molar refractivity (Wildman–Crippen MR) is 118 cm³/mol. The minimum Gasteiger partial charge on any atom is -0.356 e. The van der Waals surface area contributed by atoms with Crippen LogP contribution in [0.15, 0.2) is 34.1 Å². The fourth-order valence-corrected chi connectivity index (χ4v) is 3.24. The average Bonchev–Trinajstić information content (AvgIpc) is 3.08. The van der Waals surface area contributed by atoms with Crippen molar-refractivity contribution >= 4 is 45.9 Å². The summed E-state index contributed by atoms with van der Waals surface area (Å²) in [5.74, 6) is 2.00. The van der Waals surface area contributed by atoms with Crippen LogP contribution >= 0.6 is 39.9 Å². The Morgan fingerprint density at radius 3 is 2.72 bits per heavy atom. The molecule has 0 amide bonds. The number of nitrogens with one attached hydrogen (secondary N) is 1. The van der Waals surface area contributed by atoms with Gasteiger partial charge in [0, 0.05) is 63.0 Å². The van der Waals surface area contributed by atoms with Crippen molar-refractivity contribution in [2.24, 2.45) is 12.0 Å². The van der Waals surface area contributed by atoms with Crippen molar-refractivity contribution < 1.29 is 0 Å². The van der Waals surface area contributed by atoms with Crippen LogP contribution in [-0.4, -0.2) is 45.6 Å². The van der Waals surface area contributed by atoms with Gasteiger partial charge in [0.25, 0.3) is 0 Å². The number of aliphatic imine (C=N–C) groups is 1. The molecule has 0 aliphatic heterocycles. The molecule has 25 heavy (non-hydrogen) atoms. The number of hydrogen-bond acceptors (Lipinski definition) is 2. The molecule has 6 nitrogen and oxygen atoms in total. The van der Waals surface area contributed by atoms with Crippen LogP contribution in [0.5, 0.6) is 0 Å². The normalized spacial score (nSPS) is 11.3. The highest BCUT2D eigenvalue weighted by Crippen LogP contribution is 2.14. The second-order valence-corrected chi connectivity index (χ2v) is 6.88. The minimum absolute atomic E-state index is 0. The highest BCUT2D eigenvalue weighted by molar-refractivity contribution is 14.0. The Balaban J connectivity index is 0.00000312. The van der Waals surface area contributed by atoms with Crippen LogP contribution in [-0.2, 0) is 20.1 Å². The van der Waals surface area contributed by atoms with Crippen LogP contribution in [0.4, 0.5) is 0 Å². The first kappa shape index (κ1) is 22.0. The zero-order chi connectivity index (χ0) is 17.5. The van der Waals surface area contributed by atoms with Crippen molar-refractivity contribution in [3.63, 3.8) is 0 Å². The van der Waals surface area contributed by atoms with Gasteiger partial charge in [-0.05, 0) is 41.8 Å². The number of hydrogen-bond donors (Lipinski definition) is 1. The molecule has 0 bridgehead atoms. The second-order valence-electron chi connectivity index (χ2n) is 5.97. The smallest absolute Gasteiger partial charge is 0.193 e. The number of rotatable bonds is 7. The van der Waals surface area contributed by atoms with E-state index in [1.807, 2.05) is 26.4 Å². The summed E-state index contributed by atoms with van der Waals surface area (Å²) in [6.07, 6.45) is 8.17. The topological polar surface area (TPSA) is 50.4 Å². The molecule has 140 valence electrons. The van der Waals surface area contributed by atoms with Gasteiger partial charge in [0.1, 0.15) is 5.82 Å². The second kappa shape index (κ2) is 10.8. The van der Waals surface area contributed by atoms with Gasteiger partial charge in [-0.15, -0.1) is 24.0 Å². The van der Waals surface area contributed by atoms with E-state index >= 15 is 0 Å². The lowest BCUT2D eigenvalue weighted by molar-refractivity contribution is 0.459. The molecule has 0 saturated heterocycles. The summed E-state index contributed by atoms with van der Waals surface area (Å²) in [6, 6.07) is 2.14. The van der Waals surface area contributed by atoms with Crippen molar-refractivity contribution in [1.82, 2.24) is 24.3 Å².